The highest BCUT2D eigenvalue weighted by molar-refractivity contribution is 6.31. The van der Waals surface area contributed by atoms with E-state index in [0.29, 0.717) is 10.9 Å². The Hall–Kier alpha value is -0.810. The van der Waals surface area contributed by atoms with Crippen LogP contribution in [0.1, 0.15) is 37.5 Å². The van der Waals surface area contributed by atoms with Crippen LogP contribution in [0.15, 0.2) is 22.6 Å². The molecular weight excluding hydrogens is 345 g/mol. The van der Waals surface area contributed by atoms with Crippen LogP contribution < -0.4 is 5.32 Å². The van der Waals surface area contributed by atoms with Gasteiger partial charge in [0.15, 0.2) is 11.5 Å². The van der Waals surface area contributed by atoms with Crippen molar-refractivity contribution in [3.63, 3.8) is 0 Å². The molecule has 4 rings (SSSR count). The fourth-order valence-electron chi connectivity index (χ4n) is 3.88. The Labute approximate surface area is 154 Å². The van der Waals surface area contributed by atoms with Crippen molar-refractivity contribution >= 4 is 35.1 Å². The van der Waals surface area contributed by atoms with Gasteiger partial charge < -0.3 is 14.6 Å². The number of piperidine rings is 2. The number of hydrogen-bond acceptors (Lipinski definition) is 4. The quantitative estimate of drug-likeness (QED) is 0.884. The normalized spacial score (nSPS) is 21.0. The third kappa shape index (κ3) is 4.05. The summed E-state index contributed by atoms with van der Waals surface area (Å²) in [6.45, 7) is 5.96. The van der Waals surface area contributed by atoms with Gasteiger partial charge in [0, 0.05) is 17.5 Å². The van der Waals surface area contributed by atoms with Crippen LogP contribution in [-0.2, 0) is 0 Å². The van der Waals surface area contributed by atoms with Crippen molar-refractivity contribution < 1.29 is 4.42 Å². The average Bonchev–Trinajstić information content (AvgIpc) is 2.99. The van der Waals surface area contributed by atoms with Gasteiger partial charge >= 0.3 is 0 Å². The maximum absolute atomic E-state index is 6.03. The molecule has 2 saturated heterocycles. The van der Waals surface area contributed by atoms with Gasteiger partial charge in [-0.1, -0.05) is 11.6 Å². The first-order valence-corrected chi connectivity index (χ1v) is 9.15. The van der Waals surface area contributed by atoms with Gasteiger partial charge in [-0.3, -0.25) is 0 Å². The SMILES string of the molecule is Cl.Clc1ccc2oc(C3CCN(CC4CCNCC4)CC3)nc2c1. The zero-order valence-electron chi connectivity index (χ0n) is 13.8. The first-order chi connectivity index (χ1) is 11.3. The second-order valence-corrected chi connectivity index (χ2v) is 7.37. The minimum absolute atomic E-state index is 0. The van der Waals surface area contributed by atoms with Crippen LogP contribution in [0, 0.1) is 5.92 Å². The summed E-state index contributed by atoms with van der Waals surface area (Å²) in [6, 6.07) is 5.66. The van der Waals surface area contributed by atoms with Gasteiger partial charge in [0.05, 0.1) is 0 Å². The molecular formula is C18H25Cl2N3O. The Balaban J connectivity index is 0.00000169. The fourth-order valence-corrected chi connectivity index (χ4v) is 4.05. The molecule has 0 saturated carbocycles. The molecule has 0 radical (unpaired) electrons. The Morgan fingerprint density at radius 3 is 2.67 bits per heavy atom. The Morgan fingerprint density at radius 1 is 1.17 bits per heavy atom. The van der Waals surface area contributed by atoms with Crippen LogP contribution >= 0.6 is 24.0 Å². The maximum Gasteiger partial charge on any atom is 0.198 e. The lowest BCUT2D eigenvalue weighted by atomic mass is 9.93. The largest absolute Gasteiger partial charge is 0.440 e. The average molecular weight is 370 g/mol. The number of rotatable bonds is 3. The molecule has 1 aromatic heterocycles. The van der Waals surface area contributed by atoms with Gasteiger partial charge in [-0.05, 0) is 76.0 Å². The number of hydrogen-bond donors (Lipinski definition) is 1. The highest BCUT2D eigenvalue weighted by atomic mass is 35.5. The molecule has 24 heavy (non-hydrogen) atoms. The summed E-state index contributed by atoms with van der Waals surface area (Å²) in [5, 5.41) is 4.17. The van der Waals surface area contributed by atoms with Crippen LogP contribution in [0.4, 0.5) is 0 Å². The maximum atomic E-state index is 6.03. The summed E-state index contributed by atoms with van der Waals surface area (Å²) in [4.78, 5) is 7.29. The Kier molecular flexibility index (Phi) is 6.03. The summed E-state index contributed by atoms with van der Waals surface area (Å²) in [7, 11) is 0. The third-order valence-corrected chi connectivity index (χ3v) is 5.51. The molecule has 6 heteroatoms. The van der Waals surface area contributed by atoms with E-state index in [1.807, 2.05) is 18.2 Å². The first-order valence-electron chi connectivity index (χ1n) is 8.77. The summed E-state index contributed by atoms with van der Waals surface area (Å²) in [5.74, 6) is 2.22. The standard InChI is InChI=1S/C18H24ClN3O.ClH/c19-15-1-2-17-16(11-15)21-18(23-17)14-5-9-22(10-6-14)12-13-3-7-20-8-4-13;/h1-2,11,13-14,20H,3-10,12H2;1H. The van der Waals surface area contributed by atoms with Crippen LogP contribution in [0.5, 0.6) is 0 Å². The minimum Gasteiger partial charge on any atom is -0.440 e. The van der Waals surface area contributed by atoms with Gasteiger partial charge in [0.2, 0.25) is 0 Å². The van der Waals surface area contributed by atoms with Crippen LogP contribution in [-0.4, -0.2) is 42.6 Å². The van der Waals surface area contributed by atoms with E-state index in [1.54, 1.807) is 0 Å². The van der Waals surface area contributed by atoms with Crippen LogP contribution in [0.25, 0.3) is 11.1 Å². The summed E-state index contributed by atoms with van der Waals surface area (Å²) in [6.07, 6.45) is 4.94. The van der Waals surface area contributed by atoms with Crippen molar-refractivity contribution in [3.8, 4) is 0 Å². The molecule has 1 N–H and O–H groups in total. The van der Waals surface area contributed by atoms with Crippen molar-refractivity contribution in [1.82, 2.24) is 15.2 Å². The van der Waals surface area contributed by atoms with E-state index >= 15 is 0 Å². The van der Waals surface area contributed by atoms with Crippen LogP contribution in [0.3, 0.4) is 0 Å². The van der Waals surface area contributed by atoms with Gasteiger partial charge in [-0.15, -0.1) is 12.4 Å². The topological polar surface area (TPSA) is 41.3 Å². The highest BCUT2D eigenvalue weighted by Gasteiger charge is 2.26. The molecule has 2 aromatic rings. The third-order valence-electron chi connectivity index (χ3n) is 5.28. The second kappa shape index (κ2) is 8.05. The second-order valence-electron chi connectivity index (χ2n) is 6.93. The smallest absolute Gasteiger partial charge is 0.198 e. The van der Waals surface area contributed by atoms with Gasteiger partial charge in [0.1, 0.15) is 5.52 Å². The van der Waals surface area contributed by atoms with Crippen LogP contribution in [0.2, 0.25) is 5.02 Å². The highest BCUT2D eigenvalue weighted by Crippen LogP contribution is 2.31. The monoisotopic (exact) mass is 369 g/mol. The molecule has 4 nitrogen and oxygen atoms in total. The number of benzene rings is 1. The van der Waals surface area contributed by atoms with Crippen molar-refractivity contribution in [1.29, 1.82) is 0 Å². The zero-order chi connectivity index (χ0) is 15.6. The molecule has 132 valence electrons. The van der Waals surface area contributed by atoms with E-state index in [0.717, 1.165) is 48.8 Å². The van der Waals surface area contributed by atoms with E-state index in [-0.39, 0.29) is 12.4 Å². The van der Waals surface area contributed by atoms with Crippen molar-refractivity contribution in [2.45, 2.75) is 31.6 Å². The molecule has 1 aromatic carbocycles. The van der Waals surface area contributed by atoms with E-state index in [9.17, 15) is 0 Å². The minimum atomic E-state index is 0. The van der Waals surface area contributed by atoms with E-state index < -0.39 is 0 Å². The predicted molar refractivity (Wildman–Crippen MR) is 100 cm³/mol. The van der Waals surface area contributed by atoms with Gasteiger partial charge in [-0.25, -0.2) is 4.98 Å². The molecule has 2 fully saturated rings. The van der Waals surface area contributed by atoms with E-state index in [2.05, 4.69) is 15.2 Å². The van der Waals surface area contributed by atoms with E-state index in [1.165, 1.54) is 32.5 Å². The number of aromatic nitrogens is 1. The first kappa shape index (κ1) is 18.0. The molecule has 0 bridgehead atoms. The molecule has 0 unspecified atom stereocenters. The molecule has 2 aliphatic rings. The zero-order valence-corrected chi connectivity index (χ0v) is 15.4. The van der Waals surface area contributed by atoms with E-state index in [4.69, 9.17) is 16.0 Å². The summed E-state index contributed by atoms with van der Waals surface area (Å²) in [5.41, 5.74) is 1.73. The molecule has 0 aliphatic carbocycles. The summed E-state index contributed by atoms with van der Waals surface area (Å²) >= 11 is 6.03. The number of nitrogens with zero attached hydrogens (tertiary/aromatic N) is 2. The summed E-state index contributed by atoms with van der Waals surface area (Å²) < 4.78 is 5.95. The number of fused-ring (bicyclic) bond motifs is 1. The Morgan fingerprint density at radius 2 is 1.92 bits per heavy atom. The lowest BCUT2D eigenvalue weighted by molar-refractivity contribution is 0.160. The fraction of sp³-hybridized carbons (Fsp3) is 0.611. The van der Waals surface area contributed by atoms with Crippen molar-refractivity contribution in [2.75, 3.05) is 32.7 Å². The lowest BCUT2D eigenvalue weighted by Gasteiger charge is -2.34. The molecule has 2 aliphatic heterocycles. The van der Waals surface area contributed by atoms with Gasteiger partial charge in [0.25, 0.3) is 0 Å². The molecule has 0 atom stereocenters. The number of oxazole rings is 1. The van der Waals surface area contributed by atoms with Gasteiger partial charge in [-0.2, -0.15) is 0 Å². The molecule has 0 spiro atoms. The Bertz CT molecular complexity index is 661. The number of nitrogens with one attached hydrogen (secondary N) is 1. The molecule has 3 heterocycles. The lowest BCUT2D eigenvalue weighted by Crippen LogP contribution is -2.39. The van der Waals surface area contributed by atoms with Crippen molar-refractivity contribution in [2.24, 2.45) is 5.92 Å². The number of halogens is 2. The predicted octanol–water partition coefficient (Wildman–Crippen LogP) is 4.08. The molecule has 0 amide bonds. The number of likely N-dealkylation sites (tertiary alicyclic amines) is 1. The van der Waals surface area contributed by atoms with Crippen molar-refractivity contribution in [3.05, 3.63) is 29.1 Å².